The molecule has 0 bridgehead atoms. The maximum atomic E-state index is 11.9. The number of thioether (sulfide) groups is 1. The van der Waals surface area contributed by atoms with Gasteiger partial charge in [0.25, 0.3) is 0 Å². The summed E-state index contributed by atoms with van der Waals surface area (Å²) in [5, 5.41) is 28.1. The van der Waals surface area contributed by atoms with Crippen molar-refractivity contribution in [2.75, 3.05) is 0 Å². The van der Waals surface area contributed by atoms with E-state index in [1.807, 2.05) is 6.92 Å². The van der Waals surface area contributed by atoms with Crippen molar-refractivity contribution < 1.29 is 15.0 Å². The molecule has 1 aromatic heterocycles. The molecule has 0 aliphatic carbocycles. The van der Waals surface area contributed by atoms with E-state index in [1.54, 1.807) is 0 Å². The summed E-state index contributed by atoms with van der Waals surface area (Å²) in [5.74, 6) is -0.959. The summed E-state index contributed by atoms with van der Waals surface area (Å²) in [6, 6.07) is 2.96. The zero-order valence-corrected chi connectivity index (χ0v) is 14.4. The van der Waals surface area contributed by atoms with E-state index in [2.05, 4.69) is 31.1 Å². The highest BCUT2D eigenvalue weighted by Crippen LogP contribution is 2.33. The molecule has 0 saturated heterocycles. The summed E-state index contributed by atoms with van der Waals surface area (Å²) in [7, 11) is 0. The Morgan fingerprint density at radius 1 is 1.59 bits per heavy atom. The van der Waals surface area contributed by atoms with Crippen LogP contribution in [-0.4, -0.2) is 26.3 Å². The predicted molar refractivity (Wildman–Crippen MR) is 85.8 cm³/mol. The van der Waals surface area contributed by atoms with Gasteiger partial charge in [-0.15, -0.1) is 5.10 Å². The molecule has 2 N–H and O–H groups in total. The Labute approximate surface area is 143 Å². The van der Waals surface area contributed by atoms with Crippen molar-refractivity contribution in [3.63, 3.8) is 0 Å². The number of carboxylic acid groups (broad SMARTS) is 1. The van der Waals surface area contributed by atoms with E-state index in [0.717, 1.165) is 11.8 Å². The van der Waals surface area contributed by atoms with Crippen LogP contribution in [0, 0.1) is 0 Å². The predicted octanol–water partition coefficient (Wildman–Crippen LogP) is 3.07. The van der Waals surface area contributed by atoms with Crippen molar-refractivity contribution in [3.8, 4) is 5.75 Å². The van der Waals surface area contributed by atoms with Crippen molar-refractivity contribution in [2.45, 2.75) is 18.5 Å². The minimum atomic E-state index is -1.18. The van der Waals surface area contributed by atoms with E-state index in [0.29, 0.717) is 16.7 Å². The van der Waals surface area contributed by atoms with Crippen LogP contribution in [0.4, 0.5) is 0 Å². The lowest BCUT2D eigenvalue weighted by molar-refractivity contribution is -0.268. The number of nitrogens with zero attached hydrogens (tertiary/aromatic N) is 2. The van der Waals surface area contributed by atoms with Crippen LogP contribution in [0.2, 0.25) is 5.02 Å². The summed E-state index contributed by atoms with van der Waals surface area (Å²) in [6.45, 7) is 1.90. The lowest BCUT2D eigenvalue weighted by Gasteiger charge is -2.13. The summed E-state index contributed by atoms with van der Waals surface area (Å²) in [5.41, 5.74) is 0.176. The Morgan fingerprint density at radius 2 is 2.32 bits per heavy atom. The Bertz CT molecular complexity index is 748. The molecular weight excluding hydrogens is 394 g/mol. The number of rotatable bonds is 5. The number of nitrogens with one attached hydrogen (secondary N) is 1. The third-order valence-electron chi connectivity index (χ3n) is 2.58. The molecule has 2 aromatic rings. The van der Waals surface area contributed by atoms with Gasteiger partial charge in [0.2, 0.25) is 5.16 Å². The van der Waals surface area contributed by atoms with Crippen LogP contribution in [0.15, 0.2) is 26.7 Å². The van der Waals surface area contributed by atoms with Gasteiger partial charge in [0, 0.05) is 15.9 Å². The Balaban J connectivity index is 2.37. The van der Waals surface area contributed by atoms with Crippen LogP contribution < -0.4 is 5.11 Å². The van der Waals surface area contributed by atoms with Crippen molar-refractivity contribution in [3.05, 3.63) is 37.9 Å². The molecule has 116 valence electrons. The van der Waals surface area contributed by atoms with Crippen molar-refractivity contribution >= 4 is 51.3 Å². The zero-order valence-electron chi connectivity index (χ0n) is 11.3. The van der Waals surface area contributed by atoms with E-state index >= 15 is 0 Å². The molecule has 1 heterocycles. The van der Waals surface area contributed by atoms with Crippen molar-refractivity contribution in [1.82, 2.24) is 15.2 Å². The molecule has 0 amide bonds. The van der Waals surface area contributed by atoms with E-state index < -0.39 is 11.7 Å². The fourth-order valence-electron chi connectivity index (χ4n) is 1.54. The molecule has 9 heteroatoms. The molecule has 0 unspecified atom stereocenters. The molecule has 0 aliphatic rings. The first-order chi connectivity index (χ1) is 10.4. The number of hydrogen-bond donors (Lipinski definition) is 2. The number of halogens is 2. The highest BCUT2D eigenvalue weighted by Gasteiger charge is 2.14. The van der Waals surface area contributed by atoms with Crippen molar-refractivity contribution in [1.29, 1.82) is 0 Å². The number of carbonyl (C=O) groups is 1. The number of H-pyrrole nitrogens is 1. The van der Waals surface area contributed by atoms with Gasteiger partial charge in [-0.3, -0.25) is 5.10 Å². The van der Waals surface area contributed by atoms with Crippen LogP contribution >= 0.6 is 39.3 Å². The van der Waals surface area contributed by atoms with E-state index in [9.17, 15) is 15.0 Å². The maximum Gasteiger partial charge on any atom is 0.342 e. The van der Waals surface area contributed by atoms with Crippen molar-refractivity contribution in [2.24, 2.45) is 0 Å². The van der Waals surface area contributed by atoms with Gasteiger partial charge in [-0.1, -0.05) is 40.2 Å². The monoisotopic (exact) mass is 402 g/mol. The van der Waals surface area contributed by atoms with E-state index in [1.165, 1.54) is 18.2 Å². The second-order valence-electron chi connectivity index (χ2n) is 4.14. The van der Waals surface area contributed by atoms with Gasteiger partial charge in [-0.25, -0.2) is 9.78 Å². The van der Waals surface area contributed by atoms with Crippen LogP contribution in [-0.2, 0) is 11.2 Å². The topological polar surface area (TPSA) is 102 Å². The van der Waals surface area contributed by atoms with Gasteiger partial charge in [0.15, 0.2) is 0 Å². The van der Waals surface area contributed by atoms with E-state index in [4.69, 9.17) is 11.6 Å². The zero-order chi connectivity index (χ0) is 16.3. The molecule has 0 atom stereocenters. The lowest BCUT2D eigenvalue weighted by atomic mass is 10.2. The number of carboxylic acids is 1. The number of benzene rings is 1. The molecule has 0 aliphatic heterocycles. The fourth-order valence-corrected chi connectivity index (χ4v) is 3.09. The third kappa shape index (κ3) is 4.02. The standard InChI is InChI=1S/C13H11BrClN3O3S/c1-2-10-16-13(18-17-10)22-9(12(20)21)4-6-3-7(14)5-8(15)11(6)19/h3-5,19H,2H2,1H3,(H,20,21)(H,16,17,18)/p-1/b9-4-. The average Bonchev–Trinajstić information content (AvgIpc) is 2.91. The first-order valence-electron chi connectivity index (χ1n) is 6.11. The van der Waals surface area contributed by atoms with Gasteiger partial charge in [0.1, 0.15) is 10.7 Å². The maximum absolute atomic E-state index is 11.9. The molecule has 0 spiro atoms. The molecule has 0 radical (unpaired) electrons. The Morgan fingerprint density at radius 3 is 2.91 bits per heavy atom. The Kier molecular flexibility index (Phi) is 5.49. The van der Waals surface area contributed by atoms with Crippen LogP contribution in [0.5, 0.6) is 5.75 Å². The number of hydrogen-bond acceptors (Lipinski definition) is 5. The van der Waals surface area contributed by atoms with E-state index in [-0.39, 0.29) is 20.6 Å². The Hall–Kier alpha value is -1.51. The molecule has 0 fully saturated rings. The van der Waals surface area contributed by atoms with Crippen LogP contribution in [0.1, 0.15) is 18.3 Å². The van der Waals surface area contributed by atoms with Gasteiger partial charge >= 0.3 is 5.97 Å². The van der Waals surface area contributed by atoms with Gasteiger partial charge in [-0.2, -0.15) is 0 Å². The highest BCUT2D eigenvalue weighted by atomic mass is 79.9. The highest BCUT2D eigenvalue weighted by molar-refractivity contribution is 9.10. The van der Waals surface area contributed by atoms with Gasteiger partial charge < -0.3 is 10.2 Å². The van der Waals surface area contributed by atoms with Crippen LogP contribution in [0.25, 0.3) is 6.08 Å². The molecular formula is C13H10BrClN3O3S-. The normalized spacial score (nSPS) is 11.7. The number of aryl methyl sites for hydroxylation is 1. The first-order valence-corrected chi connectivity index (χ1v) is 8.09. The minimum Gasteiger partial charge on any atom is -0.871 e. The summed E-state index contributed by atoms with van der Waals surface area (Å²) in [6.07, 6.45) is 1.92. The molecule has 2 rings (SSSR count). The SMILES string of the molecule is CCc1nc(S/C(=C\c2cc(Br)cc(Cl)c2[O-])C(=O)O)n[nH]1. The molecule has 1 aromatic carbocycles. The summed E-state index contributed by atoms with van der Waals surface area (Å²) >= 11 is 9.88. The number of aromatic amines is 1. The smallest absolute Gasteiger partial charge is 0.342 e. The number of aromatic nitrogens is 3. The van der Waals surface area contributed by atoms with Gasteiger partial charge in [-0.05, 0) is 35.5 Å². The summed E-state index contributed by atoms with van der Waals surface area (Å²) < 4.78 is 0.587. The van der Waals surface area contributed by atoms with Gasteiger partial charge in [0.05, 0.1) is 0 Å². The summed E-state index contributed by atoms with van der Waals surface area (Å²) in [4.78, 5) is 15.4. The average molecular weight is 404 g/mol. The second kappa shape index (κ2) is 7.17. The largest absolute Gasteiger partial charge is 0.871 e. The van der Waals surface area contributed by atoms with Crippen LogP contribution in [0.3, 0.4) is 0 Å². The third-order valence-corrected chi connectivity index (χ3v) is 4.20. The second-order valence-corrected chi connectivity index (χ2v) is 6.47. The fraction of sp³-hybridized carbons (Fsp3) is 0.154. The lowest BCUT2D eigenvalue weighted by Crippen LogP contribution is -2.00. The molecule has 6 nitrogen and oxygen atoms in total. The minimum absolute atomic E-state index is 0.0153. The number of aliphatic carboxylic acids is 1. The molecule has 22 heavy (non-hydrogen) atoms. The quantitative estimate of drug-likeness (QED) is 0.587. The molecule has 0 saturated carbocycles. The first kappa shape index (κ1) is 16.9.